The van der Waals surface area contributed by atoms with Crippen molar-refractivity contribution in [1.29, 1.82) is 0 Å². The maximum absolute atomic E-state index is 10.5. The largest absolute Gasteiger partial charge is 0.481 e. The maximum Gasteiger partial charge on any atom is 0.305 e. The second-order valence-electron chi connectivity index (χ2n) is 5.03. The Kier molecular flexibility index (Phi) is 4.60. The summed E-state index contributed by atoms with van der Waals surface area (Å²) in [5.41, 5.74) is 7.10. The monoisotopic (exact) mass is 253 g/mol. The van der Waals surface area contributed by atoms with Gasteiger partial charge in [-0.15, -0.1) is 11.8 Å². The van der Waals surface area contributed by atoms with Crippen LogP contribution in [0.4, 0.5) is 0 Å². The van der Waals surface area contributed by atoms with Crippen LogP contribution < -0.4 is 5.73 Å². The molecular formula is C13H19NO2S. The number of thioether (sulfide) groups is 1. The highest BCUT2D eigenvalue weighted by molar-refractivity contribution is 7.99. The molecule has 0 saturated carbocycles. The molecule has 0 aliphatic rings. The van der Waals surface area contributed by atoms with Gasteiger partial charge in [-0.2, -0.15) is 0 Å². The topological polar surface area (TPSA) is 63.3 Å². The number of rotatable bonds is 4. The average Bonchev–Trinajstić information content (AvgIpc) is 2.15. The highest BCUT2D eigenvalue weighted by Gasteiger charge is 2.14. The zero-order valence-corrected chi connectivity index (χ0v) is 11.3. The molecule has 0 amide bonds. The molecule has 0 aromatic heterocycles. The number of carbonyl (C=O) groups is 1. The zero-order valence-electron chi connectivity index (χ0n) is 10.4. The third kappa shape index (κ3) is 4.79. The molecule has 3 N–H and O–H groups in total. The molecule has 1 atom stereocenters. The van der Waals surface area contributed by atoms with Crippen LogP contribution in [0.2, 0.25) is 0 Å². The van der Waals surface area contributed by atoms with Gasteiger partial charge in [0.05, 0.1) is 11.8 Å². The Labute approximate surface area is 106 Å². The lowest BCUT2D eigenvalue weighted by Crippen LogP contribution is -2.19. The number of hydrogen-bond donors (Lipinski definition) is 2. The maximum atomic E-state index is 10.5. The second kappa shape index (κ2) is 5.56. The summed E-state index contributed by atoms with van der Waals surface area (Å²) >= 11 is 1.39. The molecule has 0 radical (unpaired) electrons. The number of hydrogen-bond acceptors (Lipinski definition) is 3. The van der Waals surface area contributed by atoms with Gasteiger partial charge in [0.15, 0.2) is 0 Å². The van der Waals surface area contributed by atoms with Crippen molar-refractivity contribution in [2.75, 3.05) is 0 Å². The Balaban J connectivity index is 2.66. The number of benzene rings is 1. The van der Waals surface area contributed by atoms with Crippen LogP contribution in [0.25, 0.3) is 0 Å². The summed E-state index contributed by atoms with van der Waals surface area (Å²) in [6.07, 6.45) is -0.0221. The summed E-state index contributed by atoms with van der Waals surface area (Å²) in [5, 5.41) is 8.22. The minimum Gasteiger partial charge on any atom is -0.481 e. The van der Waals surface area contributed by atoms with Gasteiger partial charge in [0, 0.05) is 4.90 Å². The Morgan fingerprint density at radius 3 is 2.29 bits per heavy atom. The average molecular weight is 253 g/mol. The van der Waals surface area contributed by atoms with E-state index in [2.05, 4.69) is 32.9 Å². The van der Waals surface area contributed by atoms with E-state index in [1.54, 1.807) is 0 Å². The van der Waals surface area contributed by atoms with E-state index in [-0.39, 0.29) is 11.8 Å². The predicted octanol–water partition coefficient (Wildman–Crippen LogP) is 2.84. The highest BCUT2D eigenvalue weighted by atomic mass is 32.2. The molecule has 0 saturated heterocycles. The molecule has 1 aromatic carbocycles. The van der Waals surface area contributed by atoms with Gasteiger partial charge >= 0.3 is 5.97 Å². The van der Waals surface area contributed by atoms with Crippen molar-refractivity contribution in [3.05, 3.63) is 29.8 Å². The summed E-state index contributed by atoms with van der Waals surface area (Å²) in [4.78, 5) is 11.5. The van der Waals surface area contributed by atoms with E-state index < -0.39 is 11.3 Å². The Bertz CT molecular complexity index is 381. The van der Waals surface area contributed by atoms with E-state index in [0.717, 1.165) is 4.90 Å². The quantitative estimate of drug-likeness (QED) is 0.640. The van der Waals surface area contributed by atoms with E-state index in [4.69, 9.17) is 10.8 Å². The van der Waals surface area contributed by atoms with Crippen molar-refractivity contribution >= 4 is 17.7 Å². The summed E-state index contributed by atoms with van der Waals surface area (Å²) in [6.45, 7) is 6.47. The van der Waals surface area contributed by atoms with E-state index in [1.165, 1.54) is 17.3 Å². The summed E-state index contributed by atoms with van der Waals surface area (Å²) < 4.78 is 0. The SMILES string of the molecule is CC(C)(C)c1ccc(SC(N)CC(=O)O)cc1. The van der Waals surface area contributed by atoms with Crippen molar-refractivity contribution in [3.63, 3.8) is 0 Å². The second-order valence-corrected chi connectivity index (χ2v) is 6.34. The van der Waals surface area contributed by atoms with Gasteiger partial charge in [-0.1, -0.05) is 32.9 Å². The fourth-order valence-corrected chi connectivity index (χ4v) is 2.29. The van der Waals surface area contributed by atoms with Crippen LogP contribution in [0.3, 0.4) is 0 Å². The number of aliphatic carboxylic acids is 1. The van der Waals surface area contributed by atoms with Gasteiger partial charge in [0.25, 0.3) is 0 Å². The lowest BCUT2D eigenvalue weighted by atomic mass is 9.87. The number of carboxylic acid groups (broad SMARTS) is 1. The van der Waals surface area contributed by atoms with Gasteiger partial charge in [-0.3, -0.25) is 4.79 Å². The van der Waals surface area contributed by atoms with Crippen molar-refractivity contribution in [3.8, 4) is 0 Å². The minimum atomic E-state index is -0.865. The first-order valence-corrected chi connectivity index (χ1v) is 6.41. The smallest absolute Gasteiger partial charge is 0.305 e. The van der Waals surface area contributed by atoms with Crippen molar-refractivity contribution in [2.45, 2.75) is 42.9 Å². The van der Waals surface area contributed by atoms with Gasteiger partial charge in [-0.05, 0) is 23.1 Å². The number of carboxylic acids is 1. The lowest BCUT2D eigenvalue weighted by Gasteiger charge is -2.19. The van der Waals surface area contributed by atoms with Crippen LogP contribution in [0.1, 0.15) is 32.8 Å². The Hall–Kier alpha value is -1.00. The van der Waals surface area contributed by atoms with Crippen LogP contribution in [0.5, 0.6) is 0 Å². The fraction of sp³-hybridized carbons (Fsp3) is 0.462. The van der Waals surface area contributed by atoms with Crippen LogP contribution in [0, 0.1) is 0 Å². The van der Waals surface area contributed by atoms with E-state index in [1.807, 2.05) is 12.1 Å². The molecule has 1 aromatic rings. The predicted molar refractivity (Wildman–Crippen MR) is 71.2 cm³/mol. The first kappa shape index (κ1) is 14.1. The van der Waals surface area contributed by atoms with Gasteiger partial charge in [0.1, 0.15) is 0 Å². The third-order valence-electron chi connectivity index (χ3n) is 2.38. The van der Waals surface area contributed by atoms with E-state index >= 15 is 0 Å². The van der Waals surface area contributed by atoms with E-state index in [9.17, 15) is 4.79 Å². The summed E-state index contributed by atoms with van der Waals surface area (Å²) in [5.74, 6) is -0.865. The fourth-order valence-electron chi connectivity index (χ4n) is 1.42. The molecule has 0 heterocycles. The summed E-state index contributed by atoms with van der Waals surface area (Å²) in [6, 6.07) is 8.12. The molecule has 4 heteroatoms. The van der Waals surface area contributed by atoms with Crippen LogP contribution in [-0.2, 0) is 10.2 Å². The van der Waals surface area contributed by atoms with Crippen LogP contribution in [0.15, 0.2) is 29.2 Å². The molecule has 0 aliphatic heterocycles. The highest BCUT2D eigenvalue weighted by Crippen LogP contribution is 2.27. The molecule has 17 heavy (non-hydrogen) atoms. The minimum absolute atomic E-state index is 0.0221. The van der Waals surface area contributed by atoms with E-state index in [0.29, 0.717) is 0 Å². The van der Waals surface area contributed by atoms with Crippen molar-refractivity contribution in [2.24, 2.45) is 5.73 Å². The molecule has 94 valence electrons. The molecular weight excluding hydrogens is 234 g/mol. The normalized spacial score (nSPS) is 13.4. The van der Waals surface area contributed by atoms with Crippen LogP contribution in [-0.4, -0.2) is 16.4 Å². The van der Waals surface area contributed by atoms with Gasteiger partial charge in [-0.25, -0.2) is 0 Å². The third-order valence-corrected chi connectivity index (χ3v) is 3.40. The zero-order chi connectivity index (χ0) is 13.1. The molecule has 0 bridgehead atoms. The first-order valence-electron chi connectivity index (χ1n) is 5.53. The van der Waals surface area contributed by atoms with Gasteiger partial charge in [0.2, 0.25) is 0 Å². The van der Waals surface area contributed by atoms with Crippen molar-refractivity contribution in [1.82, 2.24) is 0 Å². The van der Waals surface area contributed by atoms with Crippen LogP contribution >= 0.6 is 11.8 Å². The summed E-state index contributed by atoms with van der Waals surface area (Å²) in [7, 11) is 0. The molecule has 1 unspecified atom stereocenters. The molecule has 0 spiro atoms. The molecule has 0 aliphatic carbocycles. The Morgan fingerprint density at radius 2 is 1.88 bits per heavy atom. The number of nitrogens with two attached hydrogens (primary N) is 1. The molecule has 3 nitrogen and oxygen atoms in total. The standard InChI is InChI=1S/C13H19NO2S/c1-13(2,3)9-4-6-10(7-5-9)17-11(14)8-12(15)16/h4-7,11H,8,14H2,1-3H3,(H,15,16). The molecule has 1 rings (SSSR count). The van der Waals surface area contributed by atoms with Gasteiger partial charge < -0.3 is 10.8 Å². The van der Waals surface area contributed by atoms with Crippen molar-refractivity contribution < 1.29 is 9.90 Å². The first-order chi connectivity index (χ1) is 7.79. The Morgan fingerprint density at radius 1 is 1.35 bits per heavy atom. The lowest BCUT2D eigenvalue weighted by molar-refractivity contribution is -0.136. The molecule has 0 fully saturated rings.